The molecular formula is C5H9NO3. The third-order valence-corrected chi connectivity index (χ3v) is 0.674. The molecule has 9 heavy (non-hydrogen) atoms. The topological polar surface area (TPSA) is 58.6 Å². The average Bonchev–Trinajstić information content (AvgIpc) is 1.87. The van der Waals surface area contributed by atoms with Crippen molar-refractivity contribution < 1.29 is 14.6 Å². The lowest BCUT2D eigenvalue weighted by atomic mass is 10.6. The molecule has 0 saturated carbocycles. The molecular weight excluding hydrogens is 122 g/mol. The zero-order valence-electron chi connectivity index (χ0n) is 5.13. The van der Waals surface area contributed by atoms with Crippen molar-refractivity contribution in [3.05, 3.63) is 12.7 Å². The summed E-state index contributed by atoms with van der Waals surface area (Å²) in [7, 11) is 1.27. The molecule has 0 aromatic carbocycles. The summed E-state index contributed by atoms with van der Waals surface area (Å²) in [5.74, 6) is -0.468. The van der Waals surface area contributed by atoms with Gasteiger partial charge in [0, 0.05) is 7.11 Å². The number of aliphatic hydroxyl groups excluding tert-OH is 1. The van der Waals surface area contributed by atoms with Gasteiger partial charge in [-0.05, 0) is 6.08 Å². The van der Waals surface area contributed by atoms with Crippen molar-refractivity contribution in [3.63, 3.8) is 0 Å². The van der Waals surface area contributed by atoms with Gasteiger partial charge >= 0.3 is 0 Å². The van der Waals surface area contributed by atoms with Gasteiger partial charge in [-0.15, -0.1) is 0 Å². The van der Waals surface area contributed by atoms with Crippen molar-refractivity contribution in [2.45, 2.75) is 6.41 Å². The van der Waals surface area contributed by atoms with Crippen LogP contribution in [0.5, 0.6) is 0 Å². The third-order valence-electron chi connectivity index (χ3n) is 0.674. The zero-order chi connectivity index (χ0) is 7.28. The Labute approximate surface area is 53.1 Å². The van der Waals surface area contributed by atoms with Crippen molar-refractivity contribution in [2.24, 2.45) is 0 Å². The largest absolute Gasteiger partial charge is 0.351 e. The number of aliphatic hydroxyl groups is 1. The van der Waals surface area contributed by atoms with Crippen molar-refractivity contribution in [1.82, 2.24) is 5.32 Å². The number of methoxy groups -OCH3 is 1. The first kappa shape index (κ1) is 8.13. The molecule has 0 bridgehead atoms. The Hall–Kier alpha value is -0.870. The van der Waals surface area contributed by atoms with Gasteiger partial charge in [0.1, 0.15) is 0 Å². The molecule has 1 amide bonds. The van der Waals surface area contributed by atoms with Gasteiger partial charge in [-0.25, -0.2) is 0 Å². The van der Waals surface area contributed by atoms with Crippen LogP contribution in [-0.4, -0.2) is 24.5 Å². The summed E-state index contributed by atoms with van der Waals surface area (Å²) in [6, 6.07) is 0. The molecule has 4 heteroatoms. The average molecular weight is 131 g/mol. The zero-order valence-corrected chi connectivity index (χ0v) is 5.13. The maximum absolute atomic E-state index is 10.3. The highest BCUT2D eigenvalue weighted by atomic mass is 16.6. The van der Waals surface area contributed by atoms with Crippen LogP contribution in [0.2, 0.25) is 0 Å². The van der Waals surface area contributed by atoms with E-state index in [1.165, 1.54) is 7.11 Å². The highest BCUT2D eigenvalue weighted by molar-refractivity contribution is 5.86. The molecule has 0 aromatic rings. The minimum Gasteiger partial charge on any atom is -0.351 e. The van der Waals surface area contributed by atoms with E-state index in [9.17, 15) is 4.79 Å². The molecule has 4 nitrogen and oxygen atoms in total. The van der Waals surface area contributed by atoms with E-state index >= 15 is 0 Å². The second-order valence-electron chi connectivity index (χ2n) is 1.30. The van der Waals surface area contributed by atoms with Crippen molar-refractivity contribution >= 4 is 5.91 Å². The van der Waals surface area contributed by atoms with Gasteiger partial charge in [0.25, 0.3) is 0 Å². The van der Waals surface area contributed by atoms with Crippen LogP contribution in [0.4, 0.5) is 0 Å². The molecule has 0 rings (SSSR count). The van der Waals surface area contributed by atoms with Crippen molar-refractivity contribution in [3.8, 4) is 0 Å². The fraction of sp³-hybridized carbons (Fsp3) is 0.400. The molecule has 0 fully saturated rings. The van der Waals surface area contributed by atoms with Gasteiger partial charge in [0.2, 0.25) is 12.3 Å². The van der Waals surface area contributed by atoms with Crippen molar-refractivity contribution in [2.75, 3.05) is 7.11 Å². The standard InChI is InChI=1S/C5H9NO3/c1-3-4(7)6-5(8)9-2/h3,5,8H,1H2,2H3,(H,6,7). The minimum atomic E-state index is -1.24. The summed E-state index contributed by atoms with van der Waals surface area (Å²) in [4.78, 5) is 10.3. The lowest BCUT2D eigenvalue weighted by Crippen LogP contribution is -2.34. The summed E-state index contributed by atoms with van der Waals surface area (Å²) in [5, 5.41) is 10.6. The smallest absolute Gasteiger partial charge is 0.247 e. The number of ether oxygens (including phenoxy) is 1. The fourth-order valence-corrected chi connectivity index (χ4v) is 0.240. The van der Waals surface area contributed by atoms with Crippen LogP contribution in [0.1, 0.15) is 0 Å². The molecule has 0 radical (unpaired) electrons. The summed E-state index contributed by atoms with van der Waals surface area (Å²) in [6.45, 7) is 3.17. The maximum Gasteiger partial charge on any atom is 0.247 e. The molecule has 0 aliphatic heterocycles. The Bertz CT molecular complexity index is 113. The number of hydrogen-bond acceptors (Lipinski definition) is 3. The minimum absolute atomic E-state index is 0.468. The predicted molar refractivity (Wildman–Crippen MR) is 31.4 cm³/mol. The summed E-state index contributed by atoms with van der Waals surface area (Å²) in [5.41, 5.74) is 0. The summed E-state index contributed by atoms with van der Waals surface area (Å²) < 4.78 is 4.30. The first-order chi connectivity index (χ1) is 4.20. The van der Waals surface area contributed by atoms with Gasteiger partial charge in [0.15, 0.2) is 0 Å². The number of nitrogens with one attached hydrogen (secondary N) is 1. The van der Waals surface area contributed by atoms with Crippen LogP contribution in [0.25, 0.3) is 0 Å². The van der Waals surface area contributed by atoms with Crippen LogP contribution in [-0.2, 0) is 9.53 Å². The van der Waals surface area contributed by atoms with E-state index in [1.807, 2.05) is 0 Å². The molecule has 0 saturated heterocycles. The Morgan fingerprint density at radius 2 is 2.56 bits per heavy atom. The fourth-order valence-electron chi connectivity index (χ4n) is 0.240. The van der Waals surface area contributed by atoms with E-state index in [0.29, 0.717) is 0 Å². The monoisotopic (exact) mass is 131 g/mol. The Morgan fingerprint density at radius 1 is 2.00 bits per heavy atom. The van der Waals surface area contributed by atoms with E-state index < -0.39 is 12.3 Å². The molecule has 0 aliphatic carbocycles. The quantitative estimate of drug-likeness (QED) is 0.390. The van der Waals surface area contributed by atoms with E-state index in [1.54, 1.807) is 0 Å². The Kier molecular flexibility index (Phi) is 3.66. The maximum atomic E-state index is 10.3. The van der Waals surface area contributed by atoms with Crippen LogP contribution in [0.15, 0.2) is 12.7 Å². The second kappa shape index (κ2) is 4.05. The molecule has 0 spiro atoms. The number of carbonyl (C=O) groups is 1. The van der Waals surface area contributed by atoms with Gasteiger partial charge in [-0.3, -0.25) is 4.79 Å². The second-order valence-corrected chi connectivity index (χ2v) is 1.30. The third kappa shape index (κ3) is 3.69. The molecule has 0 aliphatic rings. The number of rotatable bonds is 3. The van der Waals surface area contributed by atoms with E-state index in [2.05, 4.69) is 16.6 Å². The van der Waals surface area contributed by atoms with E-state index in [0.717, 1.165) is 6.08 Å². The van der Waals surface area contributed by atoms with Gasteiger partial charge in [-0.1, -0.05) is 6.58 Å². The number of hydrogen-bond donors (Lipinski definition) is 2. The molecule has 2 N–H and O–H groups in total. The molecule has 0 heterocycles. The highest BCUT2D eigenvalue weighted by Crippen LogP contribution is 1.75. The van der Waals surface area contributed by atoms with Crippen LogP contribution < -0.4 is 5.32 Å². The normalized spacial score (nSPS) is 12.2. The van der Waals surface area contributed by atoms with Crippen LogP contribution in [0, 0.1) is 0 Å². The van der Waals surface area contributed by atoms with E-state index in [-0.39, 0.29) is 0 Å². The van der Waals surface area contributed by atoms with E-state index in [4.69, 9.17) is 5.11 Å². The molecule has 0 aromatic heterocycles. The first-order valence-electron chi connectivity index (χ1n) is 2.34. The lowest BCUT2D eigenvalue weighted by Gasteiger charge is -2.06. The number of carbonyl (C=O) groups excluding carboxylic acids is 1. The predicted octanol–water partition coefficient (Wildman–Crippen LogP) is -0.789. The highest BCUT2D eigenvalue weighted by Gasteiger charge is 2.00. The SMILES string of the molecule is C=CC(=O)NC(O)OC. The summed E-state index contributed by atoms with van der Waals surface area (Å²) >= 11 is 0. The Morgan fingerprint density at radius 3 is 2.89 bits per heavy atom. The number of amides is 1. The van der Waals surface area contributed by atoms with Crippen molar-refractivity contribution in [1.29, 1.82) is 0 Å². The van der Waals surface area contributed by atoms with Crippen LogP contribution >= 0.6 is 0 Å². The first-order valence-corrected chi connectivity index (χ1v) is 2.34. The molecule has 1 unspecified atom stereocenters. The molecule has 52 valence electrons. The summed E-state index contributed by atoms with van der Waals surface area (Å²) in [6.07, 6.45) is -0.196. The molecule has 1 atom stereocenters. The lowest BCUT2D eigenvalue weighted by molar-refractivity contribution is -0.135. The van der Waals surface area contributed by atoms with Crippen LogP contribution in [0.3, 0.4) is 0 Å². The Balaban J connectivity index is 3.46. The van der Waals surface area contributed by atoms with Gasteiger partial charge < -0.3 is 15.2 Å². The van der Waals surface area contributed by atoms with Gasteiger partial charge in [-0.2, -0.15) is 0 Å². The van der Waals surface area contributed by atoms with Gasteiger partial charge in [0.05, 0.1) is 0 Å².